The number of rotatable bonds is 9. The van der Waals surface area contributed by atoms with E-state index in [0.717, 1.165) is 29.8 Å². The van der Waals surface area contributed by atoms with Crippen molar-refractivity contribution in [3.8, 4) is 5.75 Å². The summed E-state index contributed by atoms with van der Waals surface area (Å²) in [4.78, 5) is 14.3. The maximum absolute atomic E-state index is 12.1. The molecule has 2 aromatic rings. The highest BCUT2D eigenvalue weighted by atomic mass is 35.5. The van der Waals surface area contributed by atoms with Gasteiger partial charge in [-0.2, -0.15) is 0 Å². The van der Waals surface area contributed by atoms with E-state index in [1.165, 1.54) is 0 Å². The van der Waals surface area contributed by atoms with Gasteiger partial charge in [0.2, 0.25) is 0 Å². The van der Waals surface area contributed by atoms with Crippen LogP contribution in [0.1, 0.15) is 27.9 Å². The third-order valence-corrected chi connectivity index (χ3v) is 3.85. The molecule has 0 heterocycles. The maximum atomic E-state index is 12.1. The molecule has 26 heavy (non-hydrogen) atoms. The Hall–Kier alpha value is -2.08. The minimum Gasteiger partial charge on any atom is -0.494 e. The van der Waals surface area contributed by atoms with Crippen LogP contribution in [0.2, 0.25) is 0 Å². The number of ether oxygens (including phenoxy) is 1. The highest BCUT2D eigenvalue weighted by Gasteiger charge is 2.05. The van der Waals surface area contributed by atoms with Gasteiger partial charge in [0, 0.05) is 25.2 Å². The molecule has 0 aliphatic heterocycles. The molecule has 0 aliphatic rings. The molecule has 0 aromatic heterocycles. The molecule has 3 N–H and O–H groups in total. The number of carbonyl (C=O) groups is 1. The summed E-state index contributed by atoms with van der Waals surface area (Å²) in [6.07, 6.45) is 0.994. The van der Waals surface area contributed by atoms with E-state index in [1.807, 2.05) is 36.4 Å². The van der Waals surface area contributed by atoms with E-state index in [9.17, 15) is 4.79 Å². The summed E-state index contributed by atoms with van der Waals surface area (Å²) in [5, 5.41) is 2.92. The summed E-state index contributed by atoms with van der Waals surface area (Å²) in [5.74, 6) is 0.763. The van der Waals surface area contributed by atoms with Crippen LogP contribution < -0.4 is 15.8 Å². The highest BCUT2D eigenvalue weighted by molar-refractivity contribution is 5.94. The molecule has 0 aliphatic carbocycles. The first kappa shape index (κ1) is 22.0. The molecule has 0 spiro atoms. The molecule has 1 amide bonds. The number of amides is 1. The first-order valence-corrected chi connectivity index (χ1v) is 8.52. The van der Waals surface area contributed by atoms with Crippen LogP contribution in [-0.2, 0) is 13.1 Å². The summed E-state index contributed by atoms with van der Waals surface area (Å²) in [6.45, 7) is 2.67. The van der Waals surface area contributed by atoms with E-state index >= 15 is 0 Å². The first-order chi connectivity index (χ1) is 12.1. The average molecular weight is 378 g/mol. The molecule has 0 unspecified atom stereocenters. The second kappa shape index (κ2) is 11.5. The van der Waals surface area contributed by atoms with E-state index in [2.05, 4.69) is 24.3 Å². The van der Waals surface area contributed by atoms with Gasteiger partial charge >= 0.3 is 0 Å². The standard InChI is InChI=1S/C20H27N3O2.ClH/c1-23(2)12-3-13-25-19-10-6-17(7-11-19)15-22-20(24)18-8-4-16(14-21)5-9-18;/h4-11H,3,12-15,21H2,1-2H3,(H,22,24);1H. The lowest BCUT2D eigenvalue weighted by Gasteiger charge is -2.11. The Labute approximate surface area is 161 Å². The average Bonchev–Trinajstić information content (AvgIpc) is 2.64. The minimum atomic E-state index is -0.0902. The Bertz CT molecular complexity index is 658. The fourth-order valence-corrected chi connectivity index (χ4v) is 2.35. The molecular weight excluding hydrogens is 350 g/mol. The van der Waals surface area contributed by atoms with Crippen molar-refractivity contribution in [2.45, 2.75) is 19.5 Å². The van der Waals surface area contributed by atoms with E-state index in [-0.39, 0.29) is 18.3 Å². The summed E-state index contributed by atoms with van der Waals surface area (Å²) >= 11 is 0. The Balaban J connectivity index is 0.00000338. The van der Waals surface area contributed by atoms with Crippen molar-refractivity contribution in [1.82, 2.24) is 10.2 Å². The summed E-state index contributed by atoms with van der Waals surface area (Å²) in [7, 11) is 4.10. The van der Waals surface area contributed by atoms with Gasteiger partial charge in [-0.05, 0) is 55.9 Å². The highest BCUT2D eigenvalue weighted by Crippen LogP contribution is 2.13. The smallest absolute Gasteiger partial charge is 0.251 e. The molecule has 2 rings (SSSR count). The molecule has 0 saturated carbocycles. The van der Waals surface area contributed by atoms with Crippen LogP contribution in [0.4, 0.5) is 0 Å². The third kappa shape index (κ3) is 7.44. The fraction of sp³-hybridized carbons (Fsp3) is 0.350. The molecule has 0 saturated heterocycles. The largest absolute Gasteiger partial charge is 0.494 e. The van der Waals surface area contributed by atoms with E-state index in [1.54, 1.807) is 12.1 Å². The van der Waals surface area contributed by atoms with E-state index in [0.29, 0.717) is 25.3 Å². The van der Waals surface area contributed by atoms with Gasteiger partial charge in [0.1, 0.15) is 5.75 Å². The molecule has 0 radical (unpaired) electrons. The Kier molecular flexibility index (Phi) is 9.73. The lowest BCUT2D eigenvalue weighted by atomic mass is 10.1. The predicted molar refractivity (Wildman–Crippen MR) is 108 cm³/mol. The van der Waals surface area contributed by atoms with Crippen LogP contribution in [0.15, 0.2) is 48.5 Å². The number of nitrogens with zero attached hydrogens (tertiary/aromatic N) is 1. The zero-order chi connectivity index (χ0) is 18.1. The van der Waals surface area contributed by atoms with Crippen molar-refractivity contribution in [3.63, 3.8) is 0 Å². The zero-order valence-corrected chi connectivity index (χ0v) is 16.2. The Morgan fingerprint density at radius 1 is 1.04 bits per heavy atom. The van der Waals surface area contributed by atoms with Gasteiger partial charge in [0.15, 0.2) is 0 Å². The SMILES string of the molecule is CN(C)CCCOc1ccc(CNC(=O)c2ccc(CN)cc2)cc1.Cl. The van der Waals surface area contributed by atoms with Crippen molar-refractivity contribution in [3.05, 3.63) is 65.2 Å². The van der Waals surface area contributed by atoms with Gasteiger partial charge in [-0.15, -0.1) is 12.4 Å². The number of benzene rings is 2. The van der Waals surface area contributed by atoms with Gasteiger partial charge in [-0.1, -0.05) is 24.3 Å². The molecule has 0 bridgehead atoms. The molecule has 5 nitrogen and oxygen atoms in total. The zero-order valence-electron chi connectivity index (χ0n) is 15.4. The topological polar surface area (TPSA) is 67.6 Å². The van der Waals surface area contributed by atoms with Gasteiger partial charge in [0.05, 0.1) is 6.61 Å². The van der Waals surface area contributed by atoms with E-state index in [4.69, 9.17) is 10.5 Å². The maximum Gasteiger partial charge on any atom is 0.251 e. The molecule has 0 atom stereocenters. The van der Waals surface area contributed by atoms with Gasteiger partial charge < -0.3 is 20.7 Å². The number of carbonyl (C=O) groups excluding carboxylic acids is 1. The van der Waals surface area contributed by atoms with Crippen molar-refractivity contribution in [2.24, 2.45) is 5.73 Å². The lowest BCUT2D eigenvalue weighted by molar-refractivity contribution is 0.0951. The van der Waals surface area contributed by atoms with Crippen LogP contribution in [-0.4, -0.2) is 38.1 Å². The number of halogens is 1. The monoisotopic (exact) mass is 377 g/mol. The second-order valence-electron chi connectivity index (χ2n) is 6.23. The second-order valence-corrected chi connectivity index (χ2v) is 6.23. The number of nitrogens with one attached hydrogen (secondary N) is 1. The predicted octanol–water partition coefficient (Wildman–Crippen LogP) is 2.83. The van der Waals surface area contributed by atoms with Crippen molar-refractivity contribution in [1.29, 1.82) is 0 Å². The van der Waals surface area contributed by atoms with Crippen LogP contribution in [0.3, 0.4) is 0 Å². The van der Waals surface area contributed by atoms with Crippen LogP contribution in [0.25, 0.3) is 0 Å². The quantitative estimate of drug-likeness (QED) is 0.659. The molecule has 142 valence electrons. The fourth-order valence-electron chi connectivity index (χ4n) is 2.35. The summed E-state index contributed by atoms with van der Waals surface area (Å²) < 4.78 is 5.70. The summed E-state index contributed by atoms with van der Waals surface area (Å²) in [6, 6.07) is 15.2. The number of nitrogens with two attached hydrogens (primary N) is 1. The van der Waals surface area contributed by atoms with Crippen LogP contribution in [0, 0.1) is 0 Å². The van der Waals surface area contributed by atoms with Crippen LogP contribution in [0.5, 0.6) is 5.75 Å². The normalized spacial score (nSPS) is 10.3. The molecule has 6 heteroatoms. The van der Waals surface area contributed by atoms with Gasteiger partial charge in [-0.3, -0.25) is 4.79 Å². The van der Waals surface area contributed by atoms with Gasteiger partial charge in [-0.25, -0.2) is 0 Å². The summed E-state index contributed by atoms with van der Waals surface area (Å²) in [5.41, 5.74) is 8.25. The van der Waals surface area contributed by atoms with Crippen molar-refractivity contribution >= 4 is 18.3 Å². The lowest BCUT2D eigenvalue weighted by Crippen LogP contribution is -2.22. The van der Waals surface area contributed by atoms with E-state index < -0.39 is 0 Å². The third-order valence-electron chi connectivity index (χ3n) is 3.85. The van der Waals surface area contributed by atoms with Crippen molar-refractivity contribution in [2.75, 3.05) is 27.2 Å². The van der Waals surface area contributed by atoms with Crippen molar-refractivity contribution < 1.29 is 9.53 Å². The first-order valence-electron chi connectivity index (χ1n) is 8.52. The Morgan fingerprint density at radius 3 is 2.23 bits per heavy atom. The molecular formula is C20H28ClN3O2. The number of hydrogen-bond donors (Lipinski definition) is 2. The van der Waals surface area contributed by atoms with Crippen LogP contribution >= 0.6 is 12.4 Å². The van der Waals surface area contributed by atoms with Gasteiger partial charge in [0.25, 0.3) is 5.91 Å². The molecule has 0 fully saturated rings. The number of hydrogen-bond acceptors (Lipinski definition) is 4. The Morgan fingerprint density at radius 2 is 1.65 bits per heavy atom. The minimum absolute atomic E-state index is 0. The molecule has 2 aromatic carbocycles.